The predicted octanol–water partition coefficient (Wildman–Crippen LogP) is 1.78. The second kappa shape index (κ2) is 3.39. The van der Waals surface area contributed by atoms with Crippen LogP contribution in [-0.2, 0) is 6.54 Å². The van der Waals surface area contributed by atoms with Gasteiger partial charge in [0.1, 0.15) is 0 Å². The Bertz CT molecular complexity index is 378. The molecule has 2 aromatic heterocycles. The minimum atomic E-state index is 0.658. The summed E-state index contributed by atoms with van der Waals surface area (Å²) in [6.07, 6.45) is 5.44. The highest BCUT2D eigenvalue weighted by Crippen LogP contribution is 2.14. The highest BCUT2D eigenvalue weighted by Gasteiger charge is 1.99. The molecule has 2 rings (SSSR count). The standard InChI is InChI=1S/C10H10N3/c1-2-13-8-5-10(12-13)9-3-6-11-7-4-9/h3-8H,1-2H2. The Morgan fingerprint density at radius 1 is 1.23 bits per heavy atom. The van der Waals surface area contributed by atoms with Crippen LogP contribution in [0.5, 0.6) is 0 Å². The van der Waals surface area contributed by atoms with E-state index in [-0.39, 0.29) is 0 Å². The summed E-state index contributed by atoms with van der Waals surface area (Å²) in [6, 6.07) is 5.85. The van der Waals surface area contributed by atoms with E-state index in [1.807, 2.05) is 24.4 Å². The third kappa shape index (κ3) is 1.59. The average molecular weight is 172 g/mol. The molecule has 0 saturated carbocycles. The Hall–Kier alpha value is -1.64. The molecule has 0 aromatic carbocycles. The van der Waals surface area contributed by atoms with E-state index in [2.05, 4.69) is 17.0 Å². The fraction of sp³-hybridized carbons (Fsp3) is 0.100. The number of rotatable bonds is 2. The first-order chi connectivity index (χ1) is 6.40. The van der Waals surface area contributed by atoms with E-state index in [4.69, 9.17) is 0 Å². The van der Waals surface area contributed by atoms with Gasteiger partial charge in [-0.2, -0.15) is 5.10 Å². The normalized spacial score (nSPS) is 10.2. The molecule has 0 saturated heterocycles. The topological polar surface area (TPSA) is 30.7 Å². The molecule has 0 aliphatic rings. The van der Waals surface area contributed by atoms with Crippen LogP contribution in [0, 0.1) is 6.92 Å². The molecule has 0 bridgehead atoms. The van der Waals surface area contributed by atoms with E-state index < -0.39 is 0 Å². The number of pyridine rings is 1. The van der Waals surface area contributed by atoms with Gasteiger partial charge in [-0.05, 0) is 25.1 Å². The van der Waals surface area contributed by atoms with Gasteiger partial charge in [-0.3, -0.25) is 9.67 Å². The van der Waals surface area contributed by atoms with Gasteiger partial charge in [0.25, 0.3) is 0 Å². The van der Waals surface area contributed by atoms with Gasteiger partial charge in [0.2, 0.25) is 0 Å². The Balaban J connectivity index is 2.36. The molecule has 0 fully saturated rings. The monoisotopic (exact) mass is 172 g/mol. The van der Waals surface area contributed by atoms with E-state index in [0.29, 0.717) is 6.54 Å². The molecule has 0 spiro atoms. The van der Waals surface area contributed by atoms with E-state index in [0.717, 1.165) is 11.3 Å². The number of nitrogens with zero attached hydrogens (tertiary/aromatic N) is 3. The molecule has 0 amide bonds. The third-order valence-electron chi connectivity index (χ3n) is 1.85. The second-order valence-corrected chi connectivity index (χ2v) is 2.70. The van der Waals surface area contributed by atoms with Crippen molar-refractivity contribution in [2.24, 2.45) is 0 Å². The van der Waals surface area contributed by atoms with Gasteiger partial charge < -0.3 is 0 Å². The van der Waals surface area contributed by atoms with Crippen molar-refractivity contribution < 1.29 is 0 Å². The number of aromatic nitrogens is 3. The van der Waals surface area contributed by atoms with Crippen LogP contribution in [-0.4, -0.2) is 14.8 Å². The minimum absolute atomic E-state index is 0.658. The van der Waals surface area contributed by atoms with Crippen LogP contribution in [0.3, 0.4) is 0 Å². The molecule has 1 radical (unpaired) electrons. The molecular formula is C10H10N3. The lowest BCUT2D eigenvalue weighted by Gasteiger charge is -1.94. The molecule has 3 heteroatoms. The lowest BCUT2D eigenvalue weighted by molar-refractivity contribution is 0.702. The lowest BCUT2D eigenvalue weighted by Crippen LogP contribution is -1.94. The molecule has 0 atom stereocenters. The van der Waals surface area contributed by atoms with Gasteiger partial charge >= 0.3 is 0 Å². The average Bonchev–Trinajstić information content (AvgIpc) is 2.67. The van der Waals surface area contributed by atoms with Gasteiger partial charge in [0.05, 0.1) is 5.69 Å². The van der Waals surface area contributed by atoms with Gasteiger partial charge in [-0.15, -0.1) is 0 Å². The maximum Gasteiger partial charge on any atom is 0.0924 e. The van der Waals surface area contributed by atoms with E-state index >= 15 is 0 Å². The van der Waals surface area contributed by atoms with Crippen molar-refractivity contribution in [1.82, 2.24) is 14.8 Å². The molecule has 2 aromatic rings. The second-order valence-electron chi connectivity index (χ2n) is 2.70. The van der Waals surface area contributed by atoms with Crippen molar-refractivity contribution in [3.05, 3.63) is 43.7 Å². The highest BCUT2D eigenvalue weighted by molar-refractivity contribution is 5.57. The lowest BCUT2D eigenvalue weighted by atomic mass is 10.2. The van der Waals surface area contributed by atoms with Crippen LogP contribution in [0.15, 0.2) is 36.8 Å². The molecule has 0 aliphatic heterocycles. The van der Waals surface area contributed by atoms with E-state index in [1.165, 1.54) is 0 Å². The maximum atomic E-state index is 4.33. The number of hydrogen-bond acceptors (Lipinski definition) is 2. The SMILES string of the molecule is [CH2]Cn1ccc(-c2ccncc2)n1. The summed E-state index contributed by atoms with van der Waals surface area (Å²) in [6.45, 7) is 4.41. The highest BCUT2D eigenvalue weighted by atomic mass is 15.3. The van der Waals surface area contributed by atoms with Crippen LogP contribution in [0.25, 0.3) is 11.3 Å². The summed E-state index contributed by atoms with van der Waals surface area (Å²) in [5.41, 5.74) is 2.05. The molecular weight excluding hydrogens is 162 g/mol. The first kappa shape index (κ1) is 7.98. The summed E-state index contributed by atoms with van der Waals surface area (Å²) in [4.78, 5) is 3.95. The Kier molecular flexibility index (Phi) is 2.08. The molecule has 3 nitrogen and oxygen atoms in total. The summed E-state index contributed by atoms with van der Waals surface area (Å²) in [5, 5.41) is 4.33. The summed E-state index contributed by atoms with van der Waals surface area (Å²) in [5.74, 6) is 0. The fourth-order valence-corrected chi connectivity index (χ4v) is 1.16. The first-order valence-electron chi connectivity index (χ1n) is 4.13. The molecule has 0 aliphatic carbocycles. The molecule has 13 heavy (non-hydrogen) atoms. The smallest absolute Gasteiger partial charge is 0.0924 e. The van der Waals surface area contributed by atoms with Crippen molar-refractivity contribution in [3.8, 4) is 11.3 Å². The molecule has 0 unspecified atom stereocenters. The quantitative estimate of drug-likeness (QED) is 0.691. The maximum absolute atomic E-state index is 4.33. The molecule has 65 valence electrons. The first-order valence-corrected chi connectivity index (χ1v) is 4.13. The van der Waals surface area contributed by atoms with Gasteiger partial charge in [0.15, 0.2) is 0 Å². The van der Waals surface area contributed by atoms with Gasteiger partial charge in [-0.1, -0.05) is 0 Å². The number of hydrogen-bond donors (Lipinski definition) is 0. The van der Waals surface area contributed by atoms with Crippen molar-refractivity contribution in [3.63, 3.8) is 0 Å². The van der Waals surface area contributed by atoms with Crippen LogP contribution >= 0.6 is 0 Å². The van der Waals surface area contributed by atoms with Crippen LogP contribution < -0.4 is 0 Å². The van der Waals surface area contributed by atoms with Gasteiger partial charge in [0, 0.05) is 30.7 Å². The van der Waals surface area contributed by atoms with Crippen molar-refractivity contribution in [1.29, 1.82) is 0 Å². The zero-order valence-corrected chi connectivity index (χ0v) is 7.22. The Labute approximate surface area is 77.0 Å². The largest absolute Gasteiger partial charge is 0.272 e. The molecule has 2 heterocycles. The summed E-state index contributed by atoms with van der Waals surface area (Å²) < 4.78 is 1.80. The van der Waals surface area contributed by atoms with Crippen molar-refractivity contribution >= 4 is 0 Å². The van der Waals surface area contributed by atoms with E-state index in [9.17, 15) is 0 Å². The van der Waals surface area contributed by atoms with Crippen LogP contribution in [0.1, 0.15) is 0 Å². The zero-order chi connectivity index (χ0) is 9.10. The van der Waals surface area contributed by atoms with Crippen molar-refractivity contribution in [2.45, 2.75) is 6.54 Å². The van der Waals surface area contributed by atoms with Crippen LogP contribution in [0.2, 0.25) is 0 Å². The van der Waals surface area contributed by atoms with Gasteiger partial charge in [-0.25, -0.2) is 0 Å². The zero-order valence-electron chi connectivity index (χ0n) is 7.22. The molecule has 0 N–H and O–H groups in total. The fourth-order valence-electron chi connectivity index (χ4n) is 1.16. The summed E-state index contributed by atoms with van der Waals surface area (Å²) >= 11 is 0. The minimum Gasteiger partial charge on any atom is -0.272 e. The third-order valence-corrected chi connectivity index (χ3v) is 1.85. The Morgan fingerprint density at radius 2 is 2.00 bits per heavy atom. The van der Waals surface area contributed by atoms with Crippen molar-refractivity contribution in [2.75, 3.05) is 0 Å². The predicted molar refractivity (Wildman–Crippen MR) is 50.8 cm³/mol. The van der Waals surface area contributed by atoms with E-state index in [1.54, 1.807) is 17.1 Å². The Morgan fingerprint density at radius 3 is 2.62 bits per heavy atom. The summed E-state index contributed by atoms with van der Waals surface area (Å²) in [7, 11) is 0. The van der Waals surface area contributed by atoms with Crippen LogP contribution in [0.4, 0.5) is 0 Å².